The highest BCUT2D eigenvalue weighted by atomic mass is 16.4. The van der Waals surface area contributed by atoms with Crippen molar-refractivity contribution in [1.29, 1.82) is 0 Å². The molecule has 1 fully saturated rings. The molecular formula is C9H16O3. The number of aliphatic carboxylic acids is 1. The Morgan fingerprint density at radius 2 is 1.92 bits per heavy atom. The van der Waals surface area contributed by atoms with Gasteiger partial charge < -0.3 is 10.2 Å². The molecule has 3 heteroatoms. The summed E-state index contributed by atoms with van der Waals surface area (Å²) in [5, 5.41) is 17.7. The van der Waals surface area contributed by atoms with E-state index in [1.54, 1.807) is 0 Å². The van der Waals surface area contributed by atoms with Gasteiger partial charge in [0.2, 0.25) is 0 Å². The van der Waals surface area contributed by atoms with Crippen LogP contribution in [0.25, 0.3) is 0 Å². The summed E-state index contributed by atoms with van der Waals surface area (Å²) in [6, 6.07) is 0. The van der Waals surface area contributed by atoms with Crippen molar-refractivity contribution >= 4 is 5.97 Å². The minimum atomic E-state index is -0.776. The lowest BCUT2D eigenvalue weighted by Crippen LogP contribution is -2.11. The number of carbonyl (C=O) groups is 1. The van der Waals surface area contributed by atoms with E-state index in [2.05, 4.69) is 0 Å². The second kappa shape index (κ2) is 2.46. The lowest BCUT2D eigenvalue weighted by Gasteiger charge is -2.10. The van der Waals surface area contributed by atoms with Crippen LogP contribution in [0.4, 0.5) is 0 Å². The van der Waals surface area contributed by atoms with Crippen LogP contribution in [0.3, 0.4) is 0 Å². The molecule has 1 saturated carbocycles. The van der Waals surface area contributed by atoms with Crippen LogP contribution in [0.1, 0.15) is 27.2 Å². The maximum absolute atomic E-state index is 10.5. The molecule has 0 spiro atoms. The van der Waals surface area contributed by atoms with Gasteiger partial charge in [0.25, 0.3) is 0 Å². The number of carboxylic acids is 1. The van der Waals surface area contributed by atoms with E-state index in [1.807, 2.05) is 20.8 Å². The highest BCUT2D eigenvalue weighted by Crippen LogP contribution is 2.70. The number of aliphatic hydroxyl groups is 1. The topological polar surface area (TPSA) is 57.5 Å². The first-order chi connectivity index (χ1) is 5.36. The predicted molar refractivity (Wildman–Crippen MR) is 44.7 cm³/mol. The van der Waals surface area contributed by atoms with Gasteiger partial charge in [-0.05, 0) is 16.7 Å². The van der Waals surface area contributed by atoms with Crippen molar-refractivity contribution in [3.8, 4) is 0 Å². The SMILES string of the molecule is CC1(C)[C@H](CO)[C@@]1(C)CC(=O)O. The predicted octanol–water partition coefficient (Wildman–Crippen LogP) is 1.12. The van der Waals surface area contributed by atoms with Gasteiger partial charge in [-0.25, -0.2) is 0 Å². The summed E-state index contributed by atoms with van der Waals surface area (Å²) in [7, 11) is 0. The third-order valence-electron chi connectivity index (χ3n) is 3.73. The number of aliphatic hydroxyl groups excluding tert-OH is 1. The molecule has 0 bridgehead atoms. The fourth-order valence-corrected chi connectivity index (χ4v) is 2.29. The van der Waals surface area contributed by atoms with Crippen molar-refractivity contribution in [2.24, 2.45) is 16.7 Å². The lowest BCUT2D eigenvalue weighted by molar-refractivity contribution is -0.138. The summed E-state index contributed by atoms with van der Waals surface area (Å²) in [4.78, 5) is 10.5. The summed E-state index contributed by atoms with van der Waals surface area (Å²) in [6.45, 7) is 6.05. The van der Waals surface area contributed by atoms with E-state index in [0.29, 0.717) is 0 Å². The average molecular weight is 172 g/mol. The van der Waals surface area contributed by atoms with Crippen LogP contribution >= 0.6 is 0 Å². The molecule has 0 aromatic rings. The molecule has 1 aliphatic rings. The molecule has 1 aliphatic carbocycles. The molecule has 2 atom stereocenters. The van der Waals surface area contributed by atoms with Crippen molar-refractivity contribution in [3.63, 3.8) is 0 Å². The summed E-state index contributed by atoms with van der Waals surface area (Å²) < 4.78 is 0. The maximum atomic E-state index is 10.5. The largest absolute Gasteiger partial charge is 0.481 e. The van der Waals surface area contributed by atoms with Gasteiger partial charge in [-0.1, -0.05) is 20.8 Å². The van der Waals surface area contributed by atoms with E-state index in [9.17, 15) is 4.79 Å². The molecule has 70 valence electrons. The minimum absolute atomic E-state index is 0.0276. The van der Waals surface area contributed by atoms with Gasteiger partial charge in [0.15, 0.2) is 0 Å². The molecule has 0 aromatic carbocycles. The number of hydrogen-bond acceptors (Lipinski definition) is 2. The van der Waals surface area contributed by atoms with E-state index in [-0.39, 0.29) is 29.8 Å². The summed E-state index contributed by atoms with van der Waals surface area (Å²) >= 11 is 0. The standard InChI is InChI=1S/C9H16O3/c1-8(2)6(5-10)9(8,3)4-7(11)12/h6,10H,4-5H2,1-3H3,(H,11,12)/t6-,9+/m0/s1. The first kappa shape index (κ1) is 9.52. The van der Waals surface area contributed by atoms with E-state index in [1.165, 1.54) is 0 Å². The molecule has 0 saturated heterocycles. The third-order valence-corrected chi connectivity index (χ3v) is 3.73. The van der Waals surface area contributed by atoms with Gasteiger partial charge in [0.1, 0.15) is 0 Å². The van der Waals surface area contributed by atoms with Crippen molar-refractivity contribution in [3.05, 3.63) is 0 Å². The van der Waals surface area contributed by atoms with E-state index >= 15 is 0 Å². The minimum Gasteiger partial charge on any atom is -0.481 e. The van der Waals surface area contributed by atoms with Gasteiger partial charge in [-0.2, -0.15) is 0 Å². The zero-order chi connectivity index (χ0) is 9.57. The van der Waals surface area contributed by atoms with Crippen LogP contribution in [0.2, 0.25) is 0 Å². The molecule has 0 heterocycles. The third kappa shape index (κ3) is 1.04. The molecule has 1 rings (SSSR count). The van der Waals surface area contributed by atoms with Crippen LogP contribution in [0, 0.1) is 16.7 Å². The van der Waals surface area contributed by atoms with E-state index in [4.69, 9.17) is 10.2 Å². The first-order valence-electron chi connectivity index (χ1n) is 4.19. The normalized spacial score (nSPS) is 37.8. The van der Waals surface area contributed by atoms with Crippen LogP contribution in [-0.2, 0) is 4.79 Å². The van der Waals surface area contributed by atoms with Gasteiger partial charge >= 0.3 is 5.97 Å². The second-order valence-corrected chi connectivity index (χ2v) is 4.44. The quantitative estimate of drug-likeness (QED) is 0.670. The fourth-order valence-electron chi connectivity index (χ4n) is 2.29. The first-order valence-corrected chi connectivity index (χ1v) is 4.19. The van der Waals surface area contributed by atoms with Crippen LogP contribution in [0.5, 0.6) is 0 Å². The molecule has 0 amide bonds. The molecule has 3 nitrogen and oxygen atoms in total. The molecule has 2 N–H and O–H groups in total. The van der Waals surface area contributed by atoms with Crippen molar-refractivity contribution in [2.45, 2.75) is 27.2 Å². The summed E-state index contributed by atoms with van der Waals surface area (Å²) in [5.41, 5.74) is -0.242. The number of hydrogen-bond donors (Lipinski definition) is 2. The van der Waals surface area contributed by atoms with E-state index in [0.717, 1.165) is 0 Å². The number of carboxylic acid groups (broad SMARTS) is 1. The maximum Gasteiger partial charge on any atom is 0.303 e. The van der Waals surface area contributed by atoms with Crippen molar-refractivity contribution < 1.29 is 15.0 Å². The molecular weight excluding hydrogens is 156 g/mol. The van der Waals surface area contributed by atoms with Gasteiger partial charge in [-0.15, -0.1) is 0 Å². The Kier molecular flexibility index (Phi) is 1.95. The molecule has 0 radical (unpaired) electrons. The van der Waals surface area contributed by atoms with Crippen LogP contribution in [-0.4, -0.2) is 22.8 Å². The van der Waals surface area contributed by atoms with E-state index < -0.39 is 5.97 Å². The molecule has 0 aromatic heterocycles. The Labute approximate surface area is 72.4 Å². The number of rotatable bonds is 3. The zero-order valence-electron chi connectivity index (χ0n) is 7.79. The molecule has 0 aliphatic heterocycles. The lowest BCUT2D eigenvalue weighted by atomic mass is 9.95. The Hall–Kier alpha value is -0.570. The highest BCUT2D eigenvalue weighted by molar-refractivity contribution is 5.68. The summed E-state index contributed by atoms with van der Waals surface area (Å²) in [6.07, 6.45) is 0.158. The van der Waals surface area contributed by atoms with Crippen molar-refractivity contribution in [1.82, 2.24) is 0 Å². The average Bonchev–Trinajstić information content (AvgIpc) is 2.24. The molecule has 12 heavy (non-hydrogen) atoms. The van der Waals surface area contributed by atoms with Crippen LogP contribution < -0.4 is 0 Å². The monoisotopic (exact) mass is 172 g/mol. The fraction of sp³-hybridized carbons (Fsp3) is 0.889. The van der Waals surface area contributed by atoms with Gasteiger partial charge in [0.05, 0.1) is 6.42 Å². The highest BCUT2D eigenvalue weighted by Gasteiger charge is 2.67. The zero-order valence-corrected chi connectivity index (χ0v) is 7.79. The Morgan fingerprint density at radius 3 is 2.17 bits per heavy atom. The van der Waals surface area contributed by atoms with Gasteiger partial charge in [0, 0.05) is 6.61 Å². The van der Waals surface area contributed by atoms with Gasteiger partial charge in [-0.3, -0.25) is 4.79 Å². The summed E-state index contributed by atoms with van der Waals surface area (Å²) in [5.74, 6) is -0.636. The van der Waals surface area contributed by atoms with Crippen LogP contribution in [0.15, 0.2) is 0 Å². The van der Waals surface area contributed by atoms with Crippen molar-refractivity contribution in [2.75, 3.05) is 6.61 Å². The second-order valence-electron chi connectivity index (χ2n) is 4.44. The Bertz CT molecular complexity index is 210. The molecule has 0 unspecified atom stereocenters. The Balaban J connectivity index is 2.70. The Morgan fingerprint density at radius 1 is 1.42 bits per heavy atom. The smallest absolute Gasteiger partial charge is 0.303 e.